The molecule has 0 saturated heterocycles. The van der Waals surface area contributed by atoms with Crippen molar-refractivity contribution < 1.29 is 14.7 Å². The second-order valence-electron chi connectivity index (χ2n) is 6.02. The number of hydrogen-bond acceptors (Lipinski definition) is 3. The lowest BCUT2D eigenvalue weighted by atomic mass is 9.86. The van der Waals surface area contributed by atoms with Crippen LogP contribution in [0.5, 0.6) is 0 Å². The summed E-state index contributed by atoms with van der Waals surface area (Å²) < 4.78 is 0. The Morgan fingerprint density at radius 3 is 2.43 bits per heavy atom. The van der Waals surface area contributed by atoms with E-state index in [1.165, 1.54) is 0 Å². The molecule has 3 N–H and O–H groups in total. The average molecular weight is 299 g/mol. The molecule has 0 aromatic heterocycles. The first-order chi connectivity index (χ1) is 9.93. The normalized spacial score (nSPS) is 23.6. The first-order valence-corrected chi connectivity index (χ1v) is 7.91. The van der Waals surface area contributed by atoms with Gasteiger partial charge in [0.05, 0.1) is 5.92 Å². The van der Waals surface area contributed by atoms with Crippen LogP contribution >= 0.6 is 0 Å². The molecule has 1 rings (SSSR count). The van der Waals surface area contributed by atoms with E-state index in [0.29, 0.717) is 25.4 Å². The largest absolute Gasteiger partial charge is 0.481 e. The number of urea groups is 1. The van der Waals surface area contributed by atoms with Gasteiger partial charge < -0.3 is 20.6 Å². The van der Waals surface area contributed by atoms with Crippen LogP contribution in [-0.4, -0.2) is 54.2 Å². The molecule has 2 amide bonds. The molecular formula is C15H29N3O3. The fraction of sp³-hybridized carbons (Fsp3) is 0.867. The molecule has 0 heterocycles. The van der Waals surface area contributed by atoms with E-state index in [0.717, 1.165) is 25.8 Å². The second-order valence-corrected chi connectivity index (χ2v) is 6.02. The molecule has 0 bridgehead atoms. The molecule has 1 saturated carbocycles. The van der Waals surface area contributed by atoms with Gasteiger partial charge in [-0.05, 0) is 46.1 Å². The molecule has 0 aromatic rings. The van der Waals surface area contributed by atoms with Gasteiger partial charge in [0.15, 0.2) is 0 Å². The highest BCUT2D eigenvalue weighted by atomic mass is 16.4. The quantitative estimate of drug-likeness (QED) is 0.668. The van der Waals surface area contributed by atoms with Crippen molar-refractivity contribution in [3.8, 4) is 0 Å². The number of carbonyl (C=O) groups excluding carboxylic acids is 1. The predicted octanol–water partition coefficient (Wildman–Crippen LogP) is 1.66. The average Bonchev–Trinajstić information content (AvgIpc) is 2.46. The molecule has 0 aromatic carbocycles. The van der Waals surface area contributed by atoms with Crippen molar-refractivity contribution in [2.75, 3.05) is 20.1 Å². The van der Waals surface area contributed by atoms with Crippen molar-refractivity contribution in [3.63, 3.8) is 0 Å². The Hall–Kier alpha value is -1.30. The number of carboxylic acid groups (broad SMARTS) is 1. The summed E-state index contributed by atoms with van der Waals surface area (Å²) in [6.07, 6.45) is 3.89. The van der Waals surface area contributed by atoms with Crippen molar-refractivity contribution in [1.29, 1.82) is 0 Å². The number of hydrogen-bond donors (Lipinski definition) is 3. The van der Waals surface area contributed by atoms with Gasteiger partial charge in [-0.1, -0.05) is 6.92 Å². The lowest BCUT2D eigenvalue weighted by Gasteiger charge is -2.27. The van der Waals surface area contributed by atoms with E-state index in [2.05, 4.69) is 36.4 Å². The third-order valence-corrected chi connectivity index (χ3v) is 4.50. The van der Waals surface area contributed by atoms with Gasteiger partial charge in [-0.25, -0.2) is 4.79 Å². The minimum atomic E-state index is -0.717. The van der Waals surface area contributed by atoms with E-state index in [-0.39, 0.29) is 18.0 Å². The molecule has 1 fully saturated rings. The minimum Gasteiger partial charge on any atom is -0.481 e. The van der Waals surface area contributed by atoms with Crippen LogP contribution < -0.4 is 10.6 Å². The van der Waals surface area contributed by atoms with Crippen LogP contribution in [0.4, 0.5) is 4.79 Å². The van der Waals surface area contributed by atoms with Crippen molar-refractivity contribution >= 4 is 12.0 Å². The van der Waals surface area contributed by atoms with Crippen molar-refractivity contribution in [3.05, 3.63) is 0 Å². The Kier molecular flexibility index (Phi) is 7.50. The summed E-state index contributed by atoms with van der Waals surface area (Å²) in [5, 5.41) is 14.7. The molecule has 122 valence electrons. The van der Waals surface area contributed by atoms with Crippen molar-refractivity contribution in [2.45, 2.75) is 58.0 Å². The van der Waals surface area contributed by atoms with E-state index in [1.807, 2.05) is 0 Å². The Balaban J connectivity index is 2.16. The third kappa shape index (κ3) is 6.33. The number of carbonyl (C=O) groups is 2. The third-order valence-electron chi connectivity index (χ3n) is 4.50. The molecule has 6 heteroatoms. The number of nitrogens with zero attached hydrogens (tertiary/aromatic N) is 1. The first-order valence-electron chi connectivity index (χ1n) is 7.91. The molecule has 1 atom stereocenters. The van der Waals surface area contributed by atoms with E-state index >= 15 is 0 Å². The predicted molar refractivity (Wildman–Crippen MR) is 82.3 cm³/mol. The standard InChI is InChI=1S/C15H29N3O3/c1-4-11(2)18(3)10-9-16-15(21)17-13-7-5-12(6-8-13)14(19)20/h11-13H,4-10H2,1-3H3,(H,19,20)(H2,16,17,21). The molecule has 0 spiro atoms. The molecule has 21 heavy (non-hydrogen) atoms. The topological polar surface area (TPSA) is 81.7 Å². The molecule has 0 radical (unpaired) electrons. The zero-order chi connectivity index (χ0) is 15.8. The highest BCUT2D eigenvalue weighted by molar-refractivity contribution is 5.74. The van der Waals surface area contributed by atoms with E-state index in [4.69, 9.17) is 5.11 Å². The summed E-state index contributed by atoms with van der Waals surface area (Å²) in [7, 11) is 2.06. The Bertz CT molecular complexity index is 341. The van der Waals surface area contributed by atoms with Crippen molar-refractivity contribution in [1.82, 2.24) is 15.5 Å². The summed E-state index contributed by atoms with van der Waals surface area (Å²) in [5.74, 6) is -0.957. The number of rotatable bonds is 7. The van der Waals surface area contributed by atoms with Gasteiger partial charge in [-0.3, -0.25) is 4.79 Å². The number of amides is 2. The molecule has 0 aliphatic heterocycles. The van der Waals surface area contributed by atoms with Crippen LogP contribution in [0.3, 0.4) is 0 Å². The summed E-state index contributed by atoms with van der Waals surface area (Å²) in [4.78, 5) is 24.9. The zero-order valence-electron chi connectivity index (χ0n) is 13.4. The first kappa shape index (κ1) is 17.8. The van der Waals surface area contributed by atoms with Gasteiger partial charge in [-0.2, -0.15) is 0 Å². The Morgan fingerprint density at radius 1 is 1.29 bits per heavy atom. The maximum atomic E-state index is 11.8. The maximum absolute atomic E-state index is 11.8. The number of aliphatic carboxylic acids is 1. The van der Waals surface area contributed by atoms with E-state index in [9.17, 15) is 9.59 Å². The highest BCUT2D eigenvalue weighted by Gasteiger charge is 2.26. The minimum absolute atomic E-state index is 0.105. The van der Waals surface area contributed by atoms with Gasteiger partial charge >= 0.3 is 12.0 Å². The van der Waals surface area contributed by atoms with Gasteiger partial charge in [0, 0.05) is 25.2 Å². The van der Waals surface area contributed by atoms with Crippen LogP contribution in [0, 0.1) is 5.92 Å². The summed E-state index contributed by atoms with van der Waals surface area (Å²) in [6.45, 7) is 5.76. The van der Waals surface area contributed by atoms with Gasteiger partial charge in [0.25, 0.3) is 0 Å². The number of nitrogens with one attached hydrogen (secondary N) is 2. The van der Waals surface area contributed by atoms with Crippen LogP contribution in [0.15, 0.2) is 0 Å². The highest BCUT2D eigenvalue weighted by Crippen LogP contribution is 2.24. The second kappa shape index (κ2) is 8.87. The zero-order valence-corrected chi connectivity index (χ0v) is 13.4. The Labute approximate surface area is 127 Å². The van der Waals surface area contributed by atoms with Crippen LogP contribution in [0.25, 0.3) is 0 Å². The maximum Gasteiger partial charge on any atom is 0.315 e. The molecular weight excluding hydrogens is 270 g/mol. The van der Waals surface area contributed by atoms with E-state index < -0.39 is 5.97 Å². The van der Waals surface area contributed by atoms with Crippen LogP contribution in [0.1, 0.15) is 46.0 Å². The number of carboxylic acids is 1. The van der Waals surface area contributed by atoms with Crippen LogP contribution in [0.2, 0.25) is 0 Å². The smallest absolute Gasteiger partial charge is 0.315 e. The molecule has 6 nitrogen and oxygen atoms in total. The SMILES string of the molecule is CCC(C)N(C)CCNC(=O)NC1CCC(C(=O)O)CC1. The summed E-state index contributed by atoms with van der Waals surface area (Å²) in [6, 6.07) is 0.473. The van der Waals surface area contributed by atoms with Crippen LogP contribution in [-0.2, 0) is 4.79 Å². The number of likely N-dealkylation sites (N-methyl/N-ethyl adjacent to an activating group) is 1. The lowest BCUT2D eigenvalue weighted by molar-refractivity contribution is -0.142. The molecule has 1 aliphatic rings. The monoisotopic (exact) mass is 299 g/mol. The molecule has 1 unspecified atom stereocenters. The van der Waals surface area contributed by atoms with Gasteiger partial charge in [0.1, 0.15) is 0 Å². The fourth-order valence-corrected chi connectivity index (χ4v) is 2.60. The molecule has 1 aliphatic carbocycles. The van der Waals surface area contributed by atoms with Gasteiger partial charge in [0.2, 0.25) is 0 Å². The van der Waals surface area contributed by atoms with Crippen molar-refractivity contribution in [2.24, 2.45) is 5.92 Å². The summed E-state index contributed by atoms with van der Waals surface area (Å²) >= 11 is 0. The summed E-state index contributed by atoms with van der Waals surface area (Å²) in [5.41, 5.74) is 0. The fourth-order valence-electron chi connectivity index (χ4n) is 2.60. The van der Waals surface area contributed by atoms with E-state index in [1.54, 1.807) is 0 Å². The lowest BCUT2D eigenvalue weighted by Crippen LogP contribution is -2.46. The van der Waals surface area contributed by atoms with Gasteiger partial charge in [-0.15, -0.1) is 0 Å². The Morgan fingerprint density at radius 2 is 1.90 bits per heavy atom.